The number of hydrogen-bond acceptors (Lipinski definition) is 0. The molecule has 4 heteroatoms. The van der Waals surface area contributed by atoms with Crippen LogP contribution in [0.5, 0.6) is 0 Å². The Morgan fingerprint density at radius 3 is 0.688 bits per heavy atom. The minimum Gasteiger partial charge on any atom is -0.205 e. The molecule has 0 aliphatic heterocycles. The summed E-state index contributed by atoms with van der Waals surface area (Å²) in [5.41, 5.74) is 5.17. The van der Waals surface area contributed by atoms with Gasteiger partial charge in [-0.05, 0) is 35.1 Å². The topological polar surface area (TPSA) is 15.5 Å². The number of nitrogens with zero attached hydrogens (tertiary/aromatic N) is 4. The predicted octanol–water partition coefficient (Wildman–Crippen LogP) is 9.93. The molecule has 0 atom stereocenters. The molecule has 0 saturated heterocycles. The summed E-state index contributed by atoms with van der Waals surface area (Å²) in [6, 6.07) is 18.1. The number of unbranched alkanes of at least 4 members (excludes halogenated alkanes) is 15. The maximum Gasteiger partial charge on any atom is 0.169 e. The lowest BCUT2D eigenvalue weighted by Gasteiger charge is -2.03. The van der Waals surface area contributed by atoms with Gasteiger partial charge in [0.2, 0.25) is 0 Å². The van der Waals surface area contributed by atoms with E-state index in [0.717, 1.165) is 26.2 Å². The van der Waals surface area contributed by atoms with Gasteiger partial charge in [-0.2, -0.15) is 0 Å². The zero-order valence-electron chi connectivity index (χ0n) is 30.6. The van der Waals surface area contributed by atoms with Crippen LogP contribution in [0.4, 0.5) is 0 Å². The SMILES string of the molecule is CCCCCCCCCC[n+]1ccc(-c2cc[n+](CCCC[n+]3ccc(-c4cc[n+](CCCCCCCCCC)cc4)cc3)cc2)cc1. The normalized spacial score (nSPS) is 11.3. The van der Waals surface area contributed by atoms with Gasteiger partial charge in [-0.25, -0.2) is 18.3 Å². The highest BCUT2D eigenvalue weighted by Gasteiger charge is 2.09. The van der Waals surface area contributed by atoms with E-state index in [0.29, 0.717) is 0 Å². The number of hydrogen-bond donors (Lipinski definition) is 0. The van der Waals surface area contributed by atoms with Gasteiger partial charge in [-0.1, -0.05) is 90.9 Å². The maximum absolute atomic E-state index is 2.34. The van der Waals surface area contributed by atoms with Crippen LogP contribution in [0.1, 0.15) is 129 Å². The second kappa shape index (κ2) is 23.0. The predicted molar refractivity (Wildman–Crippen MR) is 199 cm³/mol. The Kier molecular flexibility index (Phi) is 18.0. The number of pyridine rings is 4. The van der Waals surface area contributed by atoms with Crippen LogP contribution in [-0.4, -0.2) is 0 Å². The Morgan fingerprint density at radius 1 is 0.271 bits per heavy atom. The van der Waals surface area contributed by atoms with Crippen molar-refractivity contribution < 1.29 is 18.3 Å². The number of aryl methyl sites for hydroxylation is 4. The first-order valence-electron chi connectivity index (χ1n) is 19.7. The fourth-order valence-electron chi connectivity index (χ4n) is 6.64. The number of aromatic nitrogens is 4. The first-order chi connectivity index (χ1) is 23.7. The summed E-state index contributed by atoms with van der Waals surface area (Å²) in [6.45, 7) is 8.92. The van der Waals surface area contributed by atoms with E-state index in [2.05, 4.69) is 130 Å². The summed E-state index contributed by atoms with van der Waals surface area (Å²) in [5.74, 6) is 0. The van der Waals surface area contributed by atoms with Crippen molar-refractivity contribution in [1.29, 1.82) is 0 Å². The summed E-state index contributed by atoms with van der Waals surface area (Å²) in [7, 11) is 0. The third-order valence-corrected chi connectivity index (χ3v) is 9.85. The van der Waals surface area contributed by atoms with Crippen LogP contribution in [0, 0.1) is 0 Å². The standard InChI is InChI=1S/C44H66N4/c1-3-5-7-9-11-13-15-17-29-45-33-21-41(22-34-45)43-25-37-47(38-26-43)31-19-20-32-48-39-27-44(28-40-48)42-23-35-46(36-24-42)30-18-16-14-12-10-8-6-4-2/h21-28,33-40H,3-20,29-32H2,1-2H3/q+4. The molecular weight excluding hydrogens is 585 g/mol. The van der Waals surface area contributed by atoms with Crippen LogP contribution < -0.4 is 18.3 Å². The Balaban J connectivity index is 1.09. The van der Waals surface area contributed by atoms with Crippen molar-refractivity contribution in [2.24, 2.45) is 0 Å². The molecule has 0 aromatic carbocycles. The first-order valence-corrected chi connectivity index (χ1v) is 19.7. The molecule has 258 valence electrons. The molecular formula is C44H66N4+4. The molecule has 4 heterocycles. The zero-order valence-corrected chi connectivity index (χ0v) is 30.6. The molecule has 48 heavy (non-hydrogen) atoms. The lowest BCUT2D eigenvalue weighted by Crippen LogP contribution is -2.35. The van der Waals surface area contributed by atoms with Crippen LogP contribution in [0.3, 0.4) is 0 Å². The van der Waals surface area contributed by atoms with Crippen LogP contribution in [-0.2, 0) is 26.2 Å². The molecule has 0 aliphatic carbocycles. The highest BCUT2D eigenvalue weighted by atomic mass is 14.9. The Bertz CT molecular complexity index is 1250. The molecule has 0 bridgehead atoms. The van der Waals surface area contributed by atoms with Gasteiger partial charge >= 0.3 is 0 Å². The molecule has 4 aromatic heterocycles. The van der Waals surface area contributed by atoms with Crippen molar-refractivity contribution in [1.82, 2.24) is 0 Å². The van der Waals surface area contributed by atoms with Crippen molar-refractivity contribution in [3.63, 3.8) is 0 Å². The van der Waals surface area contributed by atoms with Crippen molar-refractivity contribution in [3.05, 3.63) is 98.1 Å². The Hall–Kier alpha value is -3.40. The van der Waals surface area contributed by atoms with E-state index in [1.807, 2.05) is 0 Å². The summed E-state index contributed by atoms with van der Waals surface area (Å²) in [6.07, 6.45) is 42.2. The Morgan fingerprint density at radius 2 is 0.458 bits per heavy atom. The lowest BCUT2D eigenvalue weighted by molar-refractivity contribution is -0.708. The maximum atomic E-state index is 2.34. The van der Waals surface area contributed by atoms with Gasteiger partial charge in [0.1, 0.15) is 26.2 Å². The van der Waals surface area contributed by atoms with Gasteiger partial charge in [-0.3, -0.25) is 0 Å². The smallest absolute Gasteiger partial charge is 0.169 e. The summed E-state index contributed by atoms with van der Waals surface area (Å²) < 4.78 is 9.31. The van der Waals surface area contributed by atoms with Crippen LogP contribution in [0.15, 0.2) is 98.1 Å². The molecule has 4 nitrogen and oxygen atoms in total. The van der Waals surface area contributed by atoms with Crippen molar-refractivity contribution in [2.75, 3.05) is 0 Å². The number of rotatable bonds is 25. The van der Waals surface area contributed by atoms with Gasteiger partial charge in [0.25, 0.3) is 0 Å². The summed E-state index contributed by atoms with van der Waals surface area (Å²) in [5, 5.41) is 0. The lowest BCUT2D eigenvalue weighted by atomic mass is 10.1. The van der Waals surface area contributed by atoms with Crippen molar-refractivity contribution in [3.8, 4) is 22.3 Å². The molecule has 0 aliphatic rings. The molecule has 0 spiro atoms. The quantitative estimate of drug-likeness (QED) is 0.0501. The monoisotopic (exact) mass is 651 g/mol. The molecule has 4 aromatic rings. The van der Waals surface area contributed by atoms with E-state index < -0.39 is 0 Å². The molecule has 4 rings (SSSR count). The van der Waals surface area contributed by atoms with Gasteiger partial charge in [0, 0.05) is 74.2 Å². The molecule has 0 fully saturated rings. The van der Waals surface area contributed by atoms with Crippen LogP contribution in [0.2, 0.25) is 0 Å². The van der Waals surface area contributed by atoms with E-state index in [1.54, 1.807) is 0 Å². The molecule has 0 radical (unpaired) electrons. The third kappa shape index (κ3) is 14.4. The third-order valence-electron chi connectivity index (χ3n) is 9.85. The van der Waals surface area contributed by atoms with E-state index in [4.69, 9.17) is 0 Å². The summed E-state index contributed by atoms with van der Waals surface area (Å²) >= 11 is 0. The van der Waals surface area contributed by atoms with Crippen LogP contribution in [0.25, 0.3) is 22.3 Å². The minimum absolute atomic E-state index is 1.05. The van der Waals surface area contributed by atoms with Crippen molar-refractivity contribution in [2.45, 2.75) is 156 Å². The highest BCUT2D eigenvalue weighted by molar-refractivity contribution is 5.61. The molecule has 0 amide bonds. The Labute approximate surface area is 293 Å². The fraction of sp³-hybridized carbons (Fsp3) is 0.545. The summed E-state index contributed by atoms with van der Waals surface area (Å²) in [4.78, 5) is 0. The largest absolute Gasteiger partial charge is 0.205 e. The average molecular weight is 651 g/mol. The van der Waals surface area contributed by atoms with E-state index in [9.17, 15) is 0 Å². The second-order valence-electron chi connectivity index (χ2n) is 14.0. The average Bonchev–Trinajstić information content (AvgIpc) is 3.13. The van der Waals surface area contributed by atoms with E-state index >= 15 is 0 Å². The molecule has 0 unspecified atom stereocenters. The van der Waals surface area contributed by atoms with Crippen LogP contribution >= 0.6 is 0 Å². The van der Waals surface area contributed by atoms with Gasteiger partial charge in [0.05, 0.1) is 0 Å². The van der Waals surface area contributed by atoms with Gasteiger partial charge in [0.15, 0.2) is 49.6 Å². The minimum atomic E-state index is 1.05. The fourth-order valence-corrected chi connectivity index (χ4v) is 6.64. The molecule has 0 N–H and O–H groups in total. The van der Waals surface area contributed by atoms with Gasteiger partial charge in [-0.15, -0.1) is 0 Å². The van der Waals surface area contributed by atoms with Crippen molar-refractivity contribution >= 4 is 0 Å². The molecule has 0 saturated carbocycles. The second-order valence-corrected chi connectivity index (χ2v) is 14.0. The first kappa shape index (κ1) is 37.4. The zero-order chi connectivity index (χ0) is 33.5. The highest BCUT2D eigenvalue weighted by Crippen LogP contribution is 2.17. The van der Waals surface area contributed by atoms with E-state index in [1.165, 1.54) is 138 Å². The van der Waals surface area contributed by atoms with E-state index in [-0.39, 0.29) is 0 Å². The van der Waals surface area contributed by atoms with Gasteiger partial charge < -0.3 is 0 Å².